The number of benzene rings is 2. The number of Topliss-reactive ketones (excluding diaryl/α,β-unsaturated/α-hetero) is 1. The Labute approximate surface area is 129 Å². The number of ketones is 1. The van der Waals surface area contributed by atoms with Gasteiger partial charge in [0.25, 0.3) is 0 Å². The number of rotatable bonds is 4. The minimum Gasteiger partial charge on any atom is -0.507 e. The fraction of sp³-hybridized carbons (Fsp3) is 0.211. The second-order valence-corrected chi connectivity index (χ2v) is 5.53. The first kappa shape index (κ1) is 14.4. The molecule has 3 heteroatoms. The van der Waals surface area contributed by atoms with Gasteiger partial charge in [-0.25, -0.2) is 0 Å². The molecule has 3 rings (SSSR count). The molecule has 1 heterocycles. The van der Waals surface area contributed by atoms with Gasteiger partial charge in [-0.15, -0.1) is 0 Å². The maximum absolute atomic E-state index is 11.7. The SMILES string of the molecule is CC(=O)CC(C1=C(O)c2ccccc2OC1)c1ccccc1. The second-order valence-electron chi connectivity index (χ2n) is 5.53. The summed E-state index contributed by atoms with van der Waals surface area (Å²) in [5.41, 5.74) is 2.47. The standard InChI is InChI=1S/C19H18O3/c1-13(20)11-16(14-7-3-2-4-8-14)17-12-22-18-10-6-5-9-15(18)19(17)21/h2-10,16,21H,11-12H2,1H3. The van der Waals surface area contributed by atoms with Crippen molar-refractivity contribution in [3.63, 3.8) is 0 Å². The molecule has 0 radical (unpaired) electrons. The Morgan fingerprint density at radius 1 is 1.14 bits per heavy atom. The van der Waals surface area contributed by atoms with E-state index in [1.54, 1.807) is 6.92 Å². The molecule has 2 aromatic carbocycles. The highest BCUT2D eigenvalue weighted by molar-refractivity contribution is 5.79. The molecule has 1 unspecified atom stereocenters. The zero-order valence-electron chi connectivity index (χ0n) is 12.5. The van der Waals surface area contributed by atoms with E-state index < -0.39 is 0 Å². The van der Waals surface area contributed by atoms with Gasteiger partial charge < -0.3 is 9.84 Å². The summed E-state index contributed by atoms with van der Waals surface area (Å²) in [7, 11) is 0. The monoisotopic (exact) mass is 294 g/mol. The summed E-state index contributed by atoms with van der Waals surface area (Å²) < 4.78 is 5.76. The first-order chi connectivity index (χ1) is 10.7. The van der Waals surface area contributed by atoms with Crippen LogP contribution in [0.25, 0.3) is 5.76 Å². The summed E-state index contributed by atoms with van der Waals surface area (Å²) in [6.45, 7) is 1.88. The topological polar surface area (TPSA) is 46.5 Å². The van der Waals surface area contributed by atoms with Crippen LogP contribution in [0.5, 0.6) is 5.75 Å². The van der Waals surface area contributed by atoms with Gasteiger partial charge in [0.15, 0.2) is 0 Å². The summed E-state index contributed by atoms with van der Waals surface area (Å²) >= 11 is 0. The number of carbonyl (C=O) groups is 1. The molecule has 2 aromatic rings. The third-order valence-electron chi connectivity index (χ3n) is 3.94. The van der Waals surface area contributed by atoms with Crippen molar-refractivity contribution in [2.75, 3.05) is 6.61 Å². The Hall–Kier alpha value is -2.55. The van der Waals surface area contributed by atoms with Gasteiger partial charge in [-0.3, -0.25) is 4.79 Å². The molecule has 1 aliphatic rings. The average molecular weight is 294 g/mol. The minimum absolute atomic E-state index is 0.0908. The third-order valence-corrected chi connectivity index (χ3v) is 3.94. The maximum Gasteiger partial charge on any atom is 0.130 e. The van der Waals surface area contributed by atoms with Gasteiger partial charge in [-0.05, 0) is 24.6 Å². The normalized spacial score (nSPS) is 15.0. The summed E-state index contributed by atoms with van der Waals surface area (Å²) in [5, 5.41) is 10.7. The number of hydrogen-bond acceptors (Lipinski definition) is 3. The largest absolute Gasteiger partial charge is 0.507 e. The van der Waals surface area contributed by atoms with Gasteiger partial charge >= 0.3 is 0 Å². The van der Waals surface area contributed by atoms with E-state index in [2.05, 4.69) is 0 Å². The lowest BCUT2D eigenvalue weighted by molar-refractivity contribution is -0.117. The Bertz CT molecular complexity index is 716. The molecule has 3 nitrogen and oxygen atoms in total. The van der Waals surface area contributed by atoms with Crippen LogP contribution < -0.4 is 4.74 Å². The lowest BCUT2D eigenvalue weighted by Crippen LogP contribution is -2.19. The molecule has 0 aromatic heterocycles. The molecule has 22 heavy (non-hydrogen) atoms. The predicted octanol–water partition coefficient (Wildman–Crippen LogP) is 4.11. The van der Waals surface area contributed by atoms with Crippen LogP contribution in [-0.4, -0.2) is 17.5 Å². The molecule has 0 amide bonds. The van der Waals surface area contributed by atoms with Crippen LogP contribution in [0.4, 0.5) is 0 Å². The van der Waals surface area contributed by atoms with Crippen LogP contribution in [0.2, 0.25) is 0 Å². The van der Waals surface area contributed by atoms with Gasteiger partial charge in [0.2, 0.25) is 0 Å². The number of carbonyl (C=O) groups excluding carboxylic acids is 1. The van der Waals surface area contributed by atoms with E-state index in [1.807, 2.05) is 54.6 Å². The summed E-state index contributed by atoms with van der Waals surface area (Å²) in [6, 6.07) is 17.2. The van der Waals surface area contributed by atoms with Crippen LogP contribution in [0.3, 0.4) is 0 Å². The lowest BCUT2D eigenvalue weighted by atomic mass is 9.84. The number of para-hydroxylation sites is 1. The number of hydrogen-bond donors (Lipinski definition) is 1. The van der Waals surface area contributed by atoms with E-state index in [9.17, 15) is 9.90 Å². The van der Waals surface area contributed by atoms with E-state index in [1.165, 1.54) is 0 Å². The van der Waals surface area contributed by atoms with Gasteiger partial charge in [-0.1, -0.05) is 42.5 Å². The molecule has 112 valence electrons. The van der Waals surface area contributed by atoms with Crippen LogP contribution >= 0.6 is 0 Å². The molecule has 1 N–H and O–H groups in total. The van der Waals surface area contributed by atoms with E-state index in [0.717, 1.165) is 11.1 Å². The second kappa shape index (κ2) is 6.06. The summed E-state index contributed by atoms with van der Waals surface area (Å²) in [4.78, 5) is 11.7. The molecule has 1 aliphatic heterocycles. The van der Waals surface area contributed by atoms with E-state index in [4.69, 9.17) is 4.74 Å². The smallest absolute Gasteiger partial charge is 0.130 e. The zero-order valence-corrected chi connectivity index (χ0v) is 12.5. The maximum atomic E-state index is 11.7. The Morgan fingerprint density at radius 2 is 1.82 bits per heavy atom. The molecular weight excluding hydrogens is 276 g/mol. The van der Waals surface area contributed by atoms with Gasteiger partial charge in [-0.2, -0.15) is 0 Å². The van der Waals surface area contributed by atoms with Crippen molar-refractivity contribution in [1.29, 1.82) is 0 Å². The summed E-state index contributed by atoms with van der Waals surface area (Å²) in [5.74, 6) is 0.843. The molecule has 0 bridgehead atoms. The van der Waals surface area contributed by atoms with Crippen molar-refractivity contribution < 1.29 is 14.6 Å². The quantitative estimate of drug-likeness (QED) is 0.923. The first-order valence-corrected chi connectivity index (χ1v) is 7.35. The third kappa shape index (κ3) is 2.75. The van der Waals surface area contributed by atoms with Crippen LogP contribution in [0, 0.1) is 0 Å². The highest BCUT2D eigenvalue weighted by Crippen LogP contribution is 2.38. The van der Waals surface area contributed by atoms with Gasteiger partial charge in [0.1, 0.15) is 23.9 Å². The number of aliphatic hydroxyl groups excluding tert-OH is 1. The average Bonchev–Trinajstić information content (AvgIpc) is 2.54. The van der Waals surface area contributed by atoms with E-state index in [0.29, 0.717) is 24.3 Å². The summed E-state index contributed by atoms with van der Waals surface area (Å²) in [6.07, 6.45) is 0.356. The van der Waals surface area contributed by atoms with Crippen molar-refractivity contribution in [3.05, 3.63) is 71.3 Å². The first-order valence-electron chi connectivity index (χ1n) is 7.35. The molecule has 0 aliphatic carbocycles. The van der Waals surface area contributed by atoms with Crippen molar-refractivity contribution >= 4 is 11.5 Å². The fourth-order valence-corrected chi connectivity index (χ4v) is 2.87. The molecule has 0 fully saturated rings. The van der Waals surface area contributed by atoms with Crippen molar-refractivity contribution in [2.24, 2.45) is 0 Å². The lowest BCUT2D eigenvalue weighted by Gasteiger charge is -2.26. The molecule has 0 saturated heterocycles. The Balaban J connectivity index is 2.07. The highest BCUT2D eigenvalue weighted by Gasteiger charge is 2.27. The van der Waals surface area contributed by atoms with Crippen molar-refractivity contribution in [2.45, 2.75) is 19.3 Å². The number of fused-ring (bicyclic) bond motifs is 1. The van der Waals surface area contributed by atoms with E-state index in [-0.39, 0.29) is 17.5 Å². The Morgan fingerprint density at radius 3 is 2.55 bits per heavy atom. The molecule has 1 atom stereocenters. The minimum atomic E-state index is -0.160. The van der Waals surface area contributed by atoms with Gasteiger partial charge in [0.05, 0.1) is 5.56 Å². The van der Waals surface area contributed by atoms with Crippen LogP contribution in [-0.2, 0) is 4.79 Å². The number of ether oxygens (including phenoxy) is 1. The van der Waals surface area contributed by atoms with Crippen molar-refractivity contribution in [1.82, 2.24) is 0 Å². The number of aliphatic hydroxyl groups is 1. The molecule has 0 saturated carbocycles. The van der Waals surface area contributed by atoms with E-state index >= 15 is 0 Å². The zero-order chi connectivity index (χ0) is 15.5. The molecule has 0 spiro atoms. The predicted molar refractivity (Wildman–Crippen MR) is 86.0 cm³/mol. The Kier molecular flexibility index (Phi) is 3.96. The molecular formula is C19H18O3. The van der Waals surface area contributed by atoms with Crippen molar-refractivity contribution in [3.8, 4) is 5.75 Å². The van der Waals surface area contributed by atoms with Crippen LogP contribution in [0.1, 0.15) is 30.4 Å². The highest BCUT2D eigenvalue weighted by atomic mass is 16.5. The van der Waals surface area contributed by atoms with Crippen LogP contribution in [0.15, 0.2) is 60.2 Å². The van der Waals surface area contributed by atoms with Gasteiger partial charge in [0, 0.05) is 17.9 Å². The fourth-order valence-electron chi connectivity index (χ4n) is 2.87.